The van der Waals surface area contributed by atoms with Crippen LogP contribution in [0.5, 0.6) is 11.5 Å². The average Bonchev–Trinajstić information content (AvgIpc) is 2.44. The van der Waals surface area contributed by atoms with Crippen molar-refractivity contribution in [1.29, 1.82) is 0 Å². The summed E-state index contributed by atoms with van der Waals surface area (Å²) in [6, 6.07) is 5.48. The van der Waals surface area contributed by atoms with E-state index in [-0.39, 0.29) is 12.4 Å². The Kier molecular flexibility index (Phi) is 5.23. The molecule has 5 heteroatoms. The van der Waals surface area contributed by atoms with Gasteiger partial charge in [0.2, 0.25) is 0 Å². The first-order chi connectivity index (χ1) is 9.69. The monoisotopic (exact) mass is 295 g/mol. The Hall–Kier alpha value is -1.75. The molecule has 0 aromatic heterocycles. The molecule has 2 N–H and O–H groups in total. The zero-order valence-electron chi connectivity index (χ0n) is 13.6. The minimum Gasteiger partial charge on any atom is -0.497 e. The molecule has 0 aliphatic carbocycles. The Balaban J connectivity index is 3.48. The van der Waals surface area contributed by atoms with E-state index in [1.165, 1.54) is 7.11 Å². The van der Waals surface area contributed by atoms with Crippen LogP contribution in [0.1, 0.15) is 32.8 Å². The first kappa shape index (κ1) is 17.3. The Morgan fingerprint density at radius 1 is 1.14 bits per heavy atom. The standard InChI is InChI=1S/C16H25NO4/c1-15(2,17)16(3,10-14(18)21-6)12-9-11(19-4)7-8-13(12)20-5/h7-9H,10,17H2,1-6H3. The third-order valence-corrected chi connectivity index (χ3v) is 4.15. The molecule has 0 radical (unpaired) electrons. The number of benzene rings is 1. The first-order valence-electron chi connectivity index (χ1n) is 6.78. The van der Waals surface area contributed by atoms with Crippen molar-refractivity contribution in [1.82, 2.24) is 0 Å². The predicted octanol–water partition coefficient (Wildman–Crippen LogP) is 2.26. The second kappa shape index (κ2) is 6.35. The number of carbonyl (C=O) groups is 1. The molecular weight excluding hydrogens is 270 g/mol. The average molecular weight is 295 g/mol. The maximum Gasteiger partial charge on any atom is 0.306 e. The Bertz CT molecular complexity index is 507. The second-order valence-electron chi connectivity index (χ2n) is 5.87. The molecule has 0 aliphatic heterocycles. The van der Waals surface area contributed by atoms with Crippen molar-refractivity contribution in [3.05, 3.63) is 23.8 Å². The van der Waals surface area contributed by atoms with E-state index < -0.39 is 11.0 Å². The highest BCUT2D eigenvalue weighted by atomic mass is 16.5. The van der Waals surface area contributed by atoms with Crippen LogP contribution in [-0.4, -0.2) is 32.8 Å². The molecule has 1 atom stereocenters. The third kappa shape index (κ3) is 3.47. The van der Waals surface area contributed by atoms with Crippen molar-refractivity contribution in [2.45, 2.75) is 38.1 Å². The van der Waals surface area contributed by atoms with Crippen molar-refractivity contribution in [3.8, 4) is 11.5 Å². The molecule has 0 heterocycles. The summed E-state index contributed by atoms with van der Waals surface area (Å²) in [6.45, 7) is 5.70. The molecule has 5 nitrogen and oxygen atoms in total. The number of nitrogens with two attached hydrogens (primary N) is 1. The van der Waals surface area contributed by atoms with Gasteiger partial charge < -0.3 is 19.9 Å². The van der Waals surface area contributed by atoms with E-state index in [1.807, 2.05) is 39.0 Å². The lowest BCUT2D eigenvalue weighted by Gasteiger charge is -2.42. The molecule has 0 spiro atoms. The molecule has 0 fully saturated rings. The number of esters is 1. The van der Waals surface area contributed by atoms with Crippen LogP contribution in [0.25, 0.3) is 0 Å². The van der Waals surface area contributed by atoms with Crippen molar-refractivity contribution < 1.29 is 19.0 Å². The molecule has 0 amide bonds. The number of ether oxygens (including phenoxy) is 3. The summed E-state index contributed by atoms with van der Waals surface area (Å²) < 4.78 is 15.5. The molecule has 1 unspecified atom stereocenters. The molecular formula is C16H25NO4. The summed E-state index contributed by atoms with van der Waals surface area (Å²) in [4.78, 5) is 11.9. The van der Waals surface area contributed by atoms with Crippen LogP contribution in [0, 0.1) is 0 Å². The summed E-state index contributed by atoms with van der Waals surface area (Å²) in [5, 5.41) is 0. The summed E-state index contributed by atoms with van der Waals surface area (Å²) >= 11 is 0. The highest BCUT2D eigenvalue weighted by molar-refractivity contribution is 5.72. The predicted molar refractivity (Wildman–Crippen MR) is 81.8 cm³/mol. The summed E-state index contributed by atoms with van der Waals surface area (Å²) in [5.41, 5.74) is 5.85. The van der Waals surface area contributed by atoms with Gasteiger partial charge in [-0.2, -0.15) is 0 Å². The fourth-order valence-electron chi connectivity index (χ4n) is 2.28. The van der Waals surface area contributed by atoms with Gasteiger partial charge in [-0.05, 0) is 32.0 Å². The fourth-order valence-corrected chi connectivity index (χ4v) is 2.28. The zero-order chi connectivity index (χ0) is 16.3. The van der Waals surface area contributed by atoms with E-state index in [2.05, 4.69) is 0 Å². The lowest BCUT2D eigenvalue weighted by Crippen LogP contribution is -2.53. The van der Waals surface area contributed by atoms with E-state index in [1.54, 1.807) is 14.2 Å². The van der Waals surface area contributed by atoms with E-state index in [0.29, 0.717) is 11.5 Å². The largest absolute Gasteiger partial charge is 0.497 e. The van der Waals surface area contributed by atoms with Crippen molar-refractivity contribution >= 4 is 5.97 Å². The topological polar surface area (TPSA) is 70.8 Å². The smallest absolute Gasteiger partial charge is 0.306 e. The Morgan fingerprint density at radius 2 is 1.76 bits per heavy atom. The van der Waals surface area contributed by atoms with Crippen molar-refractivity contribution in [2.24, 2.45) is 5.73 Å². The van der Waals surface area contributed by atoms with Crippen LogP contribution >= 0.6 is 0 Å². The van der Waals surface area contributed by atoms with E-state index in [0.717, 1.165) is 5.56 Å². The highest BCUT2D eigenvalue weighted by Gasteiger charge is 2.44. The lowest BCUT2D eigenvalue weighted by atomic mass is 9.66. The van der Waals surface area contributed by atoms with Crippen LogP contribution in [0.15, 0.2) is 18.2 Å². The van der Waals surface area contributed by atoms with E-state index >= 15 is 0 Å². The van der Waals surface area contributed by atoms with Gasteiger partial charge in [-0.3, -0.25) is 4.79 Å². The van der Waals surface area contributed by atoms with Crippen LogP contribution in [0.3, 0.4) is 0 Å². The van der Waals surface area contributed by atoms with Crippen molar-refractivity contribution in [2.75, 3.05) is 21.3 Å². The van der Waals surface area contributed by atoms with Gasteiger partial charge >= 0.3 is 5.97 Å². The van der Waals surface area contributed by atoms with Gasteiger partial charge in [-0.25, -0.2) is 0 Å². The molecule has 1 rings (SSSR count). The van der Waals surface area contributed by atoms with Crippen LogP contribution in [0.2, 0.25) is 0 Å². The van der Waals surface area contributed by atoms with Gasteiger partial charge in [0.15, 0.2) is 0 Å². The molecule has 0 bridgehead atoms. The molecule has 1 aromatic carbocycles. The van der Waals surface area contributed by atoms with E-state index in [4.69, 9.17) is 19.9 Å². The minimum atomic E-state index is -0.667. The number of hydrogen-bond acceptors (Lipinski definition) is 5. The summed E-state index contributed by atoms with van der Waals surface area (Å²) in [7, 11) is 4.55. The summed E-state index contributed by atoms with van der Waals surface area (Å²) in [6.07, 6.45) is 0.149. The molecule has 1 aromatic rings. The van der Waals surface area contributed by atoms with Crippen molar-refractivity contribution in [3.63, 3.8) is 0 Å². The maximum atomic E-state index is 11.9. The molecule has 0 saturated carbocycles. The van der Waals surface area contributed by atoms with Gasteiger partial charge in [0, 0.05) is 16.5 Å². The Labute approximate surface area is 126 Å². The van der Waals surface area contributed by atoms with Gasteiger partial charge in [-0.15, -0.1) is 0 Å². The Morgan fingerprint density at radius 3 is 2.19 bits per heavy atom. The zero-order valence-corrected chi connectivity index (χ0v) is 13.6. The fraction of sp³-hybridized carbons (Fsp3) is 0.562. The number of carbonyl (C=O) groups excluding carboxylic acids is 1. The summed E-state index contributed by atoms with van der Waals surface area (Å²) in [5.74, 6) is 1.03. The van der Waals surface area contributed by atoms with Crippen LogP contribution < -0.4 is 15.2 Å². The molecule has 0 aliphatic rings. The number of rotatable bonds is 6. The highest BCUT2D eigenvalue weighted by Crippen LogP contribution is 2.43. The number of hydrogen-bond donors (Lipinski definition) is 1. The van der Waals surface area contributed by atoms with Gasteiger partial charge in [-0.1, -0.05) is 6.92 Å². The van der Waals surface area contributed by atoms with Gasteiger partial charge in [0.25, 0.3) is 0 Å². The lowest BCUT2D eigenvalue weighted by molar-refractivity contribution is -0.142. The normalized spacial score (nSPS) is 14.2. The second-order valence-corrected chi connectivity index (χ2v) is 5.87. The van der Waals surface area contributed by atoms with Crippen LogP contribution in [-0.2, 0) is 14.9 Å². The maximum absolute atomic E-state index is 11.9. The first-order valence-corrected chi connectivity index (χ1v) is 6.78. The van der Waals surface area contributed by atoms with E-state index in [9.17, 15) is 4.79 Å². The SMILES string of the molecule is COC(=O)CC(C)(c1cc(OC)ccc1OC)C(C)(C)N. The van der Waals surface area contributed by atoms with Gasteiger partial charge in [0.1, 0.15) is 11.5 Å². The minimum absolute atomic E-state index is 0.149. The number of methoxy groups -OCH3 is 3. The molecule has 0 saturated heterocycles. The third-order valence-electron chi connectivity index (χ3n) is 4.15. The molecule has 118 valence electrons. The quantitative estimate of drug-likeness (QED) is 0.815. The molecule has 21 heavy (non-hydrogen) atoms. The van der Waals surface area contributed by atoms with Crippen LogP contribution in [0.4, 0.5) is 0 Å². The van der Waals surface area contributed by atoms with Gasteiger partial charge in [0.05, 0.1) is 27.8 Å².